The van der Waals surface area contributed by atoms with Crippen LogP contribution in [0, 0.1) is 13.8 Å². The lowest BCUT2D eigenvalue weighted by Gasteiger charge is -2.14. The quantitative estimate of drug-likeness (QED) is 0.881. The van der Waals surface area contributed by atoms with Crippen LogP contribution in [0.3, 0.4) is 0 Å². The van der Waals surface area contributed by atoms with Crippen LogP contribution < -0.4 is 4.74 Å². The predicted molar refractivity (Wildman–Crippen MR) is 70.9 cm³/mol. The number of H-pyrrole nitrogens is 1. The summed E-state index contributed by atoms with van der Waals surface area (Å²) in [6, 6.07) is 4.35. The number of rotatable bonds is 5. The van der Waals surface area contributed by atoms with Gasteiger partial charge in [-0.05, 0) is 44.7 Å². The zero-order valence-corrected chi connectivity index (χ0v) is 11.2. The molecule has 0 radical (unpaired) electrons. The number of aromatic nitrogens is 3. The maximum atomic E-state index is 5.75. The van der Waals surface area contributed by atoms with Crippen LogP contribution in [0.15, 0.2) is 18.3 Å². The Morgan fingerprint density at radius 1 is 1.22 bits per heavy atom. The van der Waals surface area contributed by atoms with Crippen LogP contribution in [0.4, 0.5) is 0 Å². The Kier molecular flexibility index (Phi) is 3.97. The lowest BCUT2D eigenvalue weighted by atomic mass is 10.0. The van der Waals surface area contributed by atoms with E-state index in [1.54, 1.807) is 6.20 Å². The molecule has 1 aromatic heterocycles. The summed E-state index contributed by atoms with van der Waals surface area (Å²) >= 11 is 0. The van der Waals surface area contributed by atoms with Crippen LogP contribution in [0.5, 0.6) is 5.75 Å². The number of benzene rings is 1. The van der Waals surface area contributed by atoms with Crippen LogP contribution in [-0.4, -0.2) is 22.0 Å². The first kappa shape index (κ1) is 12.6. The minimum Gasteiger partial charge on any atom is -0.493 e. The van der Waals surface area contributed by atoms with Crippen molar-refractivity contribution in [1.29, 1.82) is 0 Å². The average Bonchev–Trinajstić information content (AvgIpc) is 2.83. The SMILES string of the molecule is CCOc1c(C)cc(C)cc1CCc1cn[nH]n1. The monoisotopic (exact) mass is 245 g/mol. The fourth-order valence-electron chi connectivity index (χ4n) is 2.19. The molecule has 0 aliphatic rings. The van der Waals surface area contributed by atoms with Crippen molar-refractivity contribution in [3.05, 3.63) is 40.7 Å². The maximum Gasteiger partial charge on any atom is 0.125 e. The summed E-state index contributed by atoms with van der Waals surface area (Å²) in [4.78, 5) is 0. The number of aryl methyl sites for hydroxylation is 4. The summed E-state index contributed by atoms with van der Waals surface area (Å²) in [7, 11) is 0. The van der Waals surface area contributed by atoms with Gasteiger partial charge in [-0.25, -0.2) is 0 Å². The van der Waals surface area contributed by atoms with Gasteiger partial charge in [0.25, 0.3) is 0 Å². The third kappa shape index (κ3) is 2.88. The highest BCUT2D eigenvalue weighted by Gasteiger charge is 2.09. The van der Waals surface area contributed by atoms with Gasteiger partial charge >= 0.3 is 0 Å². The Bertz CT molecular complexity index is 506. The standard InChI is InChI=1S/C14H19N3O/c1-4-18-14-11(3)7-10(2)8-12(14)5-6-13-9-15-17-16-13/h7-9H,4-6H2,1-3H3,(H,15,16,17). The van der Waals surface area contributed by atoms with Gasteiger partial charge in [-0.2, -0.15) is 15.4 Å². The molecule has 0 saturated heterocycles. The summed E-state index contributed by atoms with van der Waals surface area (Å²) < 4.78 is 5.75. The Balaban J connectivity index is 2.19. The molecule has 4 nitrogen and oxygen atoms in total. The summed E-state index contributed by atoms with van der Waals surface area (Å²) in [5.41, 5.74) is 4.70. The predicted octanol–water partition coefficient (Wildman–Crippen LogP) is 2.61. The molecule has 0 bridgehead atoms. The largest absolute Gasteiger partial charge is 0.493 e. The van der Waals surface area contributed by atoms with Crippen molar-refractivity contribution in [2.75, 3.05) is 6.61 Å². The highest BCUT2D eigenvalue weighted by Crippen LogP contribution is 2.26. The fourth-order valence-corrected chi connectivity index (χ4v) is 2.19. The van der Waals surface area contributed by atoms with Gasteiger partial charge in [-0.1, -0.05) is 17.7 Å². The summed E-state index contributed by atoms with van der Waals surface area (Å²) in [6.07, 6.45) is 3.56. The van der Waals surface area contributed by atoms with Crippen molar-refractivity contribution in [2.45, 2.75) is 33.6 Å². The second-order valence-corrected chi connectivity index (χ2v) is 4.46. The number of ether oxygens (including phenoxy) is 1. The van der Waals surface area contributed by atoms with E-state index in [2.05, 4.69) is 41.4 Å². The topological polar surface area (TPSA) is 50.8 Å². The molecule has 2 rings (SSSR count). The molecule has 0 amide bonds. The van der Waals surface area contributed by atoms with Crippen molar-refractivity contribution in [1.82, 2.24) is 15.4 Å². The Hall–Kier alpha value is -1.84. The molecule has 1 N–H and O–H groups in total. The van der Waals surface area contributed by atoms with Gasteiger partial charge in [0, 0.05) is 0 Å². The van der Waals surface area contributed by atoms with Gasteiger partial charge in [0.2, 0.25) is 0 Å². The van der Waals surface area contributed by atoms with E-state index in [9.17, 15) is 0 Å². The first-order chi connectivity index (χ1) is 8.70. The molecule has 1 heterocycles. The van der Waals surface area contributed by atoms with E-state index >= 15 is 0 Å². The van der Waals surface area contributed by atoms with Gasteiger partial charge in [0.15, 0.2) is 0 Å². The van der Waals surface area contributed by atoms with Crippen LogP contribution in [-0.2, 0) is 12.8 Å². The molecule has 0 aliphatic carbocycles. The summed E-state index contributed by atoms with van der Waals surface area (Å²) in [5, 5.41) is 10.5. The normalized spacial score (nSPS) is 10.6. The van der Waals surface area contributed by atoms with E-state index in [-0.39, 0.29) is 0 Å². The third-order valence-electron chi connectivity index (χ3n) is 2.90. The minimum absolute atomic E-state index is 0.695. The molecular weight excluding hydrogens is 226 g/mol. The van der Waals surface area contributed by atoms with E-state index in [0.29, 0.717) is 6.61 Å². The highest BCUT2D eigenvalue weighted by atomic mass is 16.5. The molecule has 0 spiro atoms. The highest BCUT2D eigenvalue weighted by molar-refractivity contribution is 5.44. The number of hydrogen-bond donors (Lipinski definition) is 1. The Labute approximate surface area is 107 Å². The van der Waals surface area contributed by atoms with Gasteiger partial charge < -0.3 is 4.74 Å². The number of hydrogen-bond acceptors (Lipinski definition) is 3. The second-order valence-electron chi connectivity index (χ2n) is 4.46. The smallest absolute Gasteiger partial charge is 0.125 e. The van der Waals surface area contributed by atoms with Crippen LogP contribution in [0.2, 0.25) is 0 Å². The van der Waals surface area contributed by atoms with Crippen LogP contribution in [0.25, 0.3) is 0 Å². The van der Waals surface area contributed by atoms with Crippen molar-refractivity contribution in [3.8, 4) is 5.75 Å². The molecule has 0 saturated carbocycles. The third-order valence-corrected chi connectivity index (χ3v) is 2.90. The first-order valence-electron chi connectivity index (χ1n) is 6.28. The molecule has 0 atom stereocenters. The molecule has 0 fully saturated rings. The maximum absolute atomic E-state index is 5.75. The van der Waals surface area contributed by atoms with Crippen LogP contribution in [0.1, 0.15) is 29.3 Å². The minimum atomic E-state index is 0.695. The van der Waals surface area contributed by atoms with Crippen molar-refractivity contribution in [2.24, 2.45) is 0 Å². The molecule has 0 aliphatic heterocycles. The van der Waals surface area contributed by atoms with E-state index in [1.165, 1.54) is 16.7 Å². The molecule has 4 heteroatoms. The van der Waals surface area contributed by atoms with Gasteiger partial charge in [0.05, 0.1) is 18.5 Å². The van der Waals surface area contributed by atoms with E-state index < -0.39 is 0 Å². The molecule has 96 valence electrons. The van der Waals surface area contributed by atoms with E-state index in [0.717, 1.165) is 24.3 Å². The zero-order chi connectivity index (χ0) is 13.0. The van der Waals surface area contributed by atoms with Gasteiger partial charge in [0.1, 0.15) is 5.75 Å². The molecule has 18 heavy (non-hydrogen) atoms. The lowest BCUT2D eigenvalue weighted by Crippen LogP contribution is -2.02. The molecular formula is C14H19N3O. The fraction of sp³-hybridized carbons (Fsp3) is 0.429. The Morgan fingerprint density at radius 2 is 2.06 bits per heavy atom. The average molecular weight is 245 g/mol. The van der Waals surface area contributed by atoms with E-state index in [4.69, 9.17) is 4.74 Å². The number of nitrogens with one attached hydrogen (secondary N) is 1. The second kappa shape index (κ2) is 5.67. The molecule has 2 aromatic rings. The molecule has 1 aromatic carbocycles. The van der Waals surface area contributed by atoms with Gasteiger partial charge in [-0.3, -0.25) is 0 Å². The lowest BCUT2D eigenvalue weighted by molar-refractivity contribution is 0.334. The van der Waals surface area contributed by atoms with Crippen molar-refractivity contribution in [3.63, 3.8) is 0 Å². The van der Waals surface area contributed by atoms with Crippen molar-refractivity contribution < 1.29 is 4.74 Å². The number of nitrogens with zero attached hydrogens (tertiary/aromatic N) is 2. The number of aromatic amines is 1. The summed E-state index contributed by atoms with van der Waals surface area (Å²) in [5.74, 6) is 1.02. The van der Waals surface area contributed by atoms with Crippen molar-refractivity contribution >= 4 is 0 Å². The van der Waals surface area contributed by atoms with E-state index in [1.807, 2.05) is 6.92 Å². The molecule has 0 unspecified atom stereocenters. The zero-order valence-electron chi connectivity index (χ0n) is 11.2. The van der Waals surface area contributed by atoms with Gasteiger partial charge in [-0.15, -0.1) is 0 Å². The Morgan fingerprint density at radius 3 is 2.72 bits per heavy atom. The first-order valence-corrected chi connectivity index (χ1v) is 6.28. The summed E-state index contributed by atoms with van der Waals surface area (Å²) in [6.45, 7) is 6.92. The van der Waals surface area contributed by atoms with Crippen LogP contribution >= 0.6 is 0 Å².